The molecule has 3 aromatic rings. The first-order chi connectivity index (χ1) is 12.2. The van der Waals surface area contributed by atoms with Gasteiger partial charge in [0.1, 0.15) is 5.75 Å². The third-order valence-corrected chi connectivity index (χ3v) is 4.53. The summed E-state index contributed by atoms with van der Waals surface area (Å²) in [5.74, 6) is 8.21. The summed E-state index contributed by atoms with van der Waals surface area (Å²) in [5.41, 5.74) is 2.59. The molecule has 2 aromatic carbocycles. The second kappa shape index (κ2) is 7.73. The van der Waals surface area contributed by atoms with Gasteiger partial charge in [-0.1, -0.05) is 36.0 Å². The van der Waals surface area contributed by atoms with Crippen LogP contribution < -0.4 is 10.6 Å². The Morgan fingerprint density at radius 1 is 1.20 bits per heavy atom. The van der Waals surface area contributed by atoms with Crippen molar-refractivity contribution in [3.8, 4) is 23.2 Å². The van der Waals surface area contributed by atoms with Crippen molar-refractivity contribution in [3.05, 3.63) is 59.7 Å². The first kappa shape index (κ1) is 16.9. The lowest BCUT2D eigenvalue weighted by molar-refractivity contribution is 0.340. The number of benzene rings is 2. The molecule has 0 atom stereocenters. The van der Waals surface area contributed by atoms with E-state index in [1.165, 1.54) is 16.4 Å². The van der Waals surface area contributed by atoms with Crippen molar-refractivity contribution in [2.75, 3.05) is 12.4 Å². The topological polar surface area (TPSA) is 89.8 Å². The van der Waals surface area contributed by atoms with Gasteiger partial charge in [0.05, 0.1) is 18.2 Å². The van der Waals surface area contributed by atoms with E-state index in [9.17, 15) is 0 Å². The molecule has 3 rings (SSSR count). The van der Waals surface area contributed by atoms with Crippen LogP contribution in [0.5, 0.6) is 5.75 Å². The monoisotopic (exact) mass is 351 g/mol. The van der Waals surface area contributed by atoms with Gasteiger partial charge >= 0.3 is 0 Å². The van der Waals surface area contributed by atoms with E-state index in [1.807, 2.05) is 43.3 Å². The van der Waals surface area contributed by atoms with E-state index in [1.54, 1.807) is 12.1 Å². The molecule has 0 amide bonds. The van der Waals surface area contributed by atoms with Gasteiger partial charge in [-0.15, -0.1) is 10.2 Å². The van der Waals surface area contributed by atoms with Gasteiger partial charge in [0.15, 0.2) is 5.82 Å². The standard InChI is InChI=1S/C18H17N5OS/c1-2-24-16-5-3-4-15(10-16)17-21-22-18(23(17)20)25-12-14-8-6-13(11-19)7-9-14/h3-10H,2,12,20H2,1H3. The van der Waals surface area contributed by atoms with Crippen LogP contribution in [-0.4, -0.2) is 21.5 Å². The molecule has 0 aliphatic heterocycles. The molecule has 0 saturated carbocycles. The summed E-state index contributed by atoms with van der Waals surface area (Å²) in [6.45, 7) is 2.54. The fraction of sp³-hybridized carbons (Fsp3) is 0.167. The summed E-state index contributed by atoms with van der Waals surface area (Å²) < 4.78 is 7.00. The largest absolute Gasteiger partial charge is 0.494 e. The number of nitrogens with zero attached hydrogens (tertiary/aromatic N) is 4. The number of hydrogen-bond acceptors (Lipinski definition) is 6. The summed E-state index contributed by atoms with van der Waals surface area (Å²) >= 11 is 1.49. The van der Waals surface area contributed by atoms with Gasteiger partial charge in [-0.3, -0.25) is 0 Å². The Morgan fingerprint density at radius 2 is 2.00 bits per heavy atom. The van der Waals surface area contributed by atoms with E-state index in [4.69, 9.17) is 15.8 Å². The molecule has 0 aliphatic carbocycles. The van der Waals surface area contributed by atoms with Crippen LogP contribution in [-0.2, 0) is 5.75 Å². The first-order valence-electron chi connectivity index (χ1n) is 7.77. The van der Waals surface area contributed by atoms with Gasteiger partial charge < -0.3 is 10.6 Å². The maximum atomic E-state index is 8.83. The Morgan fingerprint density at radius 3 is 2.72 bits per heavy atom. The number of hydrogen-bond donors (Lipinski definition) is 1. The molecule has 0 fully saturated rings. The summed E-state index contributed by atoms with van der Waals surface area (Å²) in [6.07, 6.45) is 0. The van der Waals surface area contributed by atoms with Crippen molar-refractivity contribution in [2.45, 2.75) is 17.8 Å². The molecule has 2 N–H and O–H groups in total. The van der Waals surface area contributed by atoms with E-state index in [-0.39, 0.29) is 0 Å². The van der Waals surface area contributed by atoms with Crippen LogP contribution in [0.1, 0.15) is 18.1 Å². The molecule has 1 aromatic heterocycles. The van der Waals surface area contributed by atoms with Gasteiger partial charge in [-0.2, -0.15) is 5.26 Å². The van der Waals surface area contributed by atoms with E-state index in [0.29, 0.717) is 28.9 Å². The molecule has 126 valence electrons. The molecule has 7 heteroatoms. The maximum Gasteiger partial charge on any atom is 0.210 e. The lowest BCUT2D eigenvalue weighted by atomic mass is 10.2. The van der Waals surface area contributed by atoms with E-state index < -0.39 is 0 Å². The molecule has 0 bridgehead atoms. The van der Waals surface area contributed by atoms with Gasteiger partial charge in [0, 0.05) is 11.3 Å². The molecular weight excluding hydrogens is 334 g/mol. The normalized spacial score (nSPS) is 10.4. The fourth-order valence-corrected chi connectivity index (χ4v) is 3.10. The van der Waals surface area contributed by atoms with Crippen molar-refractivity contribution in [1.82, 2.24) is 14.9 Å². The summed E-state index contributed by atoms with van der Waals surface area (Å²) in [6, 6.07) is 17.2. The second-order valence-electron chi connectivity index (χ2n) is 5.23. The Hall–Kier alpha value is -2.98. The van der Waals surface area contributed by atoms with Gasteiger partial charge in [-0.05, 0) is 36.8 Å². The van der Waals surface area contributed by atoms with E-state index in [2.05, 4.69) is 16.3 Å². The second-order valence-corrected chi connectivity index (χ2v) is 6.18. The van der Waals surface area contributed by atoms with Gasteiger partial charge in [0.2, 0.25) is 5.16 Å². The molecule has 0 unspecified atom stereocenters. The Labute approximate surface area is 150 Å². The summed E-state index contributed by atoms with van der Waals surface area (Å²) in [5, 5.41) is 17.8. The number of nitriles is 1. The predicted octanol–water partition coefficient (Wildman–Crippen LogP) is 3.22. The highest BCUT2D eigenvalue weighted by Gasteiger charge is 2.13. The average Bonchev–Trinajstić information content (AvgIpc) is 3.01. The Kier molecular flexibility index (Phi) is 5.21. The highest BCUT2D eigenvalue weighted by atomic mass is 32.2. The molecule has 6 nitrogen and oxygen atoms in total. The van der Waals surface area contributed by atoms with E-state index >= 15 is 0 Å². The first-order valence-corrected chi connectivity index (χ1v) is 8.75. The van der Waals surface area contributed by atoms with Crippen LogP contribution in [0, 0.1) is 11.3 Å². The van der Waals surface area contributed by atoms with Crippen molar-refractivity contribution in [3.63, 3.8) is 0 Å². The van der Waals surface area contributed by atoms with Crippen molar-refractivity contribution >= 4 is 11.8 Å². The molecule has 25 heavy (non-hydrogen) atoms. The minimum atomic E-state index is 0.587. The average molecular weight is 351 g/mol. The minimum Gasteiger partial charge on any atom is -0.494 e. The van der Waals surface area contributed by atoms with E-state index in [0.717, 1.165) is 16.9 Å². The van der Waals surface area contributed by atoms with Crippen molar-refractivity contribution < 1.29 is 4.74 Å². The number of nitrogens with two attached hydrogens (primary N) is 1. The summed E-state index contributed by atoms with van der Waals surface area (Å²) in [7, 11) is 0. The van der Waals surface area contributed by atoms with Crippen LogP contribution in [0.15, 0.2) is 53.7 Å². The van der Waals surface area contributed by atoms with Crippen molar-refractivity contribution in [1.29, 1.82) is 5.26 Å². The van der Waals surface area contributed by atoms with Crippen LogP contribution in [0.25, 0.3) is 11.4 Å². The van der Waals surface area contributed by atoms with Crippen LogP contribution in [0.4, 0.5) is 0 Å². The maximum absolute atomic E-state index is 8.83. The number of ether oxygens (including phenoxy) is 1. The lowest BCUT2D eigenvalue weighted by Crippen LogP contribution is -2.11. The molecule has 0 spiro atoms. The number of aromatic nitrogens is 3. The smallest absolute Gasteiger partial charge is 0.210 e. The molecule has 1 heterocycles. The molecule has 0 saturated heterocycles. The predicted molar refractivity (Wildman–Crippen MR) is 97.5 cm³/mol. The lowest BCUT2D eigenvalue weighted by Gasteiger charge is -2.06. The zero-order valence-electron chi connectivity index (χ0n) is 13.7. The SMILES string of the molecule is CCOc1cccc(-c2nnc(SCc3ccc(C#N)cc3)n2N)c1. The summed E-state index contributed by atoms with van der Waals surface area (Å²) in [4.78, 5) is 0. The Bertz CT molecular complexity index is 899. The molecule has 0 aliphatic rings. The Balaban J connectivity index is 1.74. The van der Waals surface area contributed by atoms with Crippen LogP contribution in [0.2, 0.25) is 0 Å². The molecule has 0 radical (unpaired) electrons. The zero-order valence-corrected chi connectivity index (χ0v) is 14.5. The van der Waals surface area contributed by atoms with Crippen molar-refractivity contribution in [2.24, 2.45) is 0 Å². The number of nitrogen functional groups attached to an aromatic ring is 1. The number of thioether (sulfide) groups is 1. The zero-order chi connectivity index (χ0) is 17.6. The van der Waals surface area contributed by atoms with Gasteiger partial charge in [0.25, 0.3) is 0 Å². The fourth-order valence-electron chi connectivity index (χ4n) is 2.29. The minimum absolute atomic E-state index is 0.587. The highest BCUT2D eigenvalue weighted by molar-refractivity contribution is 7.98. The molecular formula is C18H17N5OS. The third kappa shape index (κ3) is 3.92. The van der Waals surface area contributed by atoms with Crippen LogP contribution >= 0.6 is 11.8 Å². The highest BCUT2D eigenvalue weighted by Crippen LogP contribution is 2.26. The van der Waals surface area contributed by atoms with Gasteiger partial charge in [-0.25, -0.2) is 4.68 Å². The number of rotatable bonds is 6. The van der Waals surface area contributed by atoms with Crippen LogP contribution in [0.3, 0.4) is 0 Å². The third-order valence-electron chi connectivity index (χ3n) is 3.52. The quantitative estimate of drug-likeness (QED) is 0.542.